The third kappa shape index (κ3) is 4.48. The van der Waals surface area contributed by atoms with Gasteiger partial charge in [0.25, 0.3) is 5.91 Å². The first-order valence-corrected chi connectivity index (χ1v) is 8.54. The van der Waals surface area contributed by atoms with E-state index >= 15 is 0 Å². The van der Waals surface area contributed by atoms with Gasteiger partial charge in [-0.05, 0) is 54.3 Å². The summed E-state index contributed by atoms with van der Waals surface area (Å²) in [6, 6.07) is 15.3. The first-order valence-electron chi connectivity index (χ1n) is 8.54. The van der Waals surface area contributed by atoms with Crippen LogP contribution in [-0.2, 0) is 11.4 Å². The highest BCUT2D eigenvalue weighted by Crippen LogP contribution is 2.18. The molecule has 2 aromatic carbocycles. The molecule has 4 nitrogen and oxygen atoms in total. The maximum absolute atomic E-state index is 12.9. The molecule has 0 unspecified atom stereocenters. The van der Waals surface area contributed by atoms with E-state index in [1.54, 1.807) is 47.4 Å². The van der Waals surface area contributed by atoms with E-state index in [9.17, 15) is 14.4 Å². The minimum atomic E-state index is -0.276. The van der Waals surface area contributed by atoms with Gasteiger partial charge in [0.1, 0.15) is 29.8 Å². The minimum absolute atomic E-state index is 0.145. The maximum atomic E-state index is 12.9. The van der Waals surface area contributed by atoms with Gasteiger partial charge < -0.3 is 9.64 Å². The number of benzene rings is 2. The van der Waals surface area contributed by atoms with Crippen LogP contribution >= 0.6 is 0 Å². The van der Waals surface area contributed by atoms with E-state index in [0.717, 1.165) is 24.0 Å². The molecule has 2 aromatic rings. The molecule has 3 rings (SSSR count). The number of ether oxygens (including phenoxy) is 1. The van der Waals surface area contributed by atoms with Crippen LogP contribution in [0.3, 0.4) is 0 Å². The summed E-state index contributed by atoms with van der Waals surface area (Å²) in [5.41, 5.74) is 1.79. The van der Waals surface area contributed by atoms with Crippen LogP contribution in [0.2, 0.25) is 0 Å². The number of hydrogen-bond acceptors (Lipinski definition) is 3. The van der Waals surface area contributed by atoms with Gasteiger partial charge in [-0.15, -0.1) is 0 Å². The molecule has 0 spiro atoms. The molecule has 0 bridgehead atoms. The largest absolute Gasteiger partial charge is 0.489 e. The second-order valence-electron chi connectivity index (χ2n) is 6.15. The fourth-order valence-corrected chi connectivity index (χ4v) is 2.81. The summed E-state index contributed by atoms with van der Waals surface area (Å²) in [6.07, 6.45) is 3.58. The van der Waals surface area contributed by atoms with E-state index in [1.165, 1.54) is 12.1 Å². The first kappa shape index (κ1) is 17.7. The van der Waals surface area contributed by atoms with Crippen molar-refractivity contribution >= 4 is 12.0 Å². The van der Waals surface area contributed by atoms with Crippen molar-refractivity contribution in [3.8, 4) is 11.8 Å². The Bertz CT molecular complexity index is 830. The number of nitriles is 1. The van der Waals surface area contributed by atoms with Crippen molar-refractivity contribution in [2.24, 2.45) is 0 Å². The zero-order chi connectivity index (χ0) is 18.4. The molecule has 1 fully saturated rings. The molecule has 26 heavy (non-hydrogen) atoms. The molecule has 1 amide bonds. The van der Waals surface area contributed by atoms with Crippen molar-refractivity contribution < 1.29 is 13.9 Å². The summed E-state index contributed by atoms with van der Waals surface area (Å²) in [7, 11) is 0. The van der Waals surface area contributed by atoms with E-state index in [0.29, 0.717) is 25.4 Å². The first-order chi connectivity index (χ1) is 12.7. The van der Waals surface area contributed by atoms with Gasteiger partial charge in [0.15, 0.2) is 0 Å². The number of hydrogen-bond donors (Lipinski definition) is 0. The molecule has 0 radical (unpaired) electrons. The predicted octanol–water partition coefficient (Wildman–Crippen LogP) is 3.93. The van der Waals surface area contributed by atoms with Crippen molar-refractivity contribution in [2.75, 3.05) is 13.1 Å². The van der Waals surface area contributed by atoms with Crippen LogP contribution in [0.4, 0.5) is 4.39 Å². The second kappa shape index (κ2) is 8.30. The molecule has 132 valence electrons. The van der Waals surface area contributed by atoms with E-state index in [-0.39, 0.29) is 17.3 Å². The van der Waals surface area contributed by atoms with Gasteiger partial charge in [-0.1, -0.05) is 24.3 Å². The van der Waals surface area contributed by atoms with Gasteiger partial charge in [-0.2, -0.15) is 5.26 Å². The van der Waals surface area contributed by atoms with Crippen LogP contribution in [0, 0.1) is 17.1 Å². The van der Waals surface area contributed by atoms with Gasteiger partial charge in [0.05, 0.1) is 0 Å². The molecule has 0 aromatic heterocycles. The highest BCUT2D eigenvalue weighted by molar-refractivity contribution is 6.01. The third-order valence-electron chi connectivity index (χ3n) is 4.25. The van der Waals surface area contributed by atoms with Crippen LogP contribution in [0.1, 0.15) is 24.0 Å². The van der Waals surface area contributed by atoms with E-state index in [4.69, 9.17) is 4.74 Å². The topological polar surface area (TPSA) is 53.3 Å². The monoisotopic (exact) mass is 350 g/mol. The van der Waals surface area contributed by atoms with E-state index in [2.05, 4.69) is 0 Å². The van der Waals surface area contributed by atoms with E-state index < -0.39 is 0 Å². The Balaban J connectivity index is 1.63. The lowest BCUT2D eigenvalue weighted by molar-refractivity contribution is -0.125. The van der Waals surface area contributed by atoms with Crippen LogP contribution in [0.15, 0.2) is 54.1 Å². The molecule has 0 N–H and O–H groups in total. The van der Waals surface area contributed by atoms with Crippen LogP contribution in [0.25, 0.3) is 6.08 Å². The molecule has 1 saturated heterocycles. The van der Waals surface area contributed by atoms with Crippen molar-refractivity contribution in [1.29, 1.82) is 5.26 Å². The molecule has 1 heterocycles. The normalized spacial score (nSPS) is 14.2. The SMILES string of the molecule is N#C/C(=C\c1ccc(OCc2ccc(F)cc2)cc1)C(=O)N1CCCC1. The number of carbonyl (C=O) groups is 1. The standard InChI is InChI=1S/C21H19FN2O2/c22-19-7-3-17(4-8-19)15-26-20-9-5-16(6-10-20)13-18(14-23)21(25)24-11-1-2-12-24/h3-10,13H,1-2,11-12,15H2/b18-13+. The molecule has 1 aliphatic rings. The Kier molecular flexibility index (Phi) is 5.65. The number of halogens is 1. The number of carbonyl (C=O) groups excluding carboxylic acids is 1. The minimum Gasteiger partial charge on any atom is -0.489 e. The van der Waals surface area contributed by atoms with Gasteiger partial charge in [0.2, 0.25) is 0 Å². The van der Waals surface area contributed by atoms with Crippen molar-refractivity contribution in [3.05, 3.63) is 71.0 Å². The summed E-state index contributed by atoms with van der Waals surface area (Å²) in [5, 5.41) is 9.29. The summed E-state index contributed by atoms with van der Waals surface area (Å²) >= 11 is 0. The molecule has 1 aliphatic heterocycles. The average Bonchev–Trinajstić information content (AvgIpc) is 3.21. The highest BCUT2D eigenvalue weighted by Gasteiger charge is 2.21. The predicted molar refractivity (Wildman–Crippen MR) is 96.6 cm³/mol. The molecule has 0 saturated carbocycles. The molecule has 0 aliphatic carbocycles. The Morgan fingerprint density at radius 1 is 1.12 bits per heavy atom. The summed E-state index contributed by atoms with van der Waals surface area (Å²) in [4.78, 5) is 14.0. The lowest BCUT2D eigenvalue weighted by atomic mass is 10.1. The number of rotatable bonds is 5. The average molecular weight is 350 g/mol. The van der Waals surface area contributed by atoms with Gasteiger partial charge in [-0.25, -0.2) is 4.39 Å². The summed E-state index contributed by atoms with van der Waals surface area (Å²) in [5.74, 6) is 0.180. The zero-order valence-electron chi connectivity index (χ0n) is 14.3. The third-order valence-corrected chi connectivity index (χ3v) is 4.25. The van der Waals surface area contributed by atoms with Gasteiger partial charge in [0, 0.05) is 13.1 Å². The Morgan fingerprint density at radius 2 is 1.77 bits per heavy atom. The molecule has 0 atom stereocenters. The lowest BCUT2D eigenvalue weighted by Crippen LogP contribution is -2.28. The van der Waals surface area contributed by atoms with Crippen molar-refractivity contribution in [1.82, 2.24) is 4.90 Å². The fraction of sp³-hybridized carbons (Fsp3) is 0.238. The Labute approximate surface area is 152 Å². The second-order valence-corrected chi connectivity index (χ2v) is 6.15. The smallest absolute Gasteiger partial charge is 0.264 e. The molecule has 5 heteroatoms. The Morgan fingerprint density at radius 3 is 2.38 bits per heavy atom. The van der Waals surface area contributed by atoms with Gasteiger partial charge >= 0.3 is 0 Å². The highest BCUT2D eigenvalue weighted by atomic mass is 19.1. The fourth-order valence-electron chi connectivity index (χ4n) is 2.81. The lowest BCUT2D eigenvalue weighted by Gasteiger charge is -2.14. The number of likely N-dealkylation sites (tertiary alicyclic amines) is 1. The number of amides is 1. The summed E-state index contributed by atoms with van der Waals surface area (Å²) in [6.45, 7) is 1.77. The van der Waals surface area contributed by atoms with E-state index in [1.807, 2.05) is 6.07 Å². The maximum Gasteiger partial charge on any atom is 0.264 e. The van der Waals surface area contributed by atoms with Crippen molar-refractivity contribution in [3.63, 3.8) is 0 Å². The summed E-state index contributed by atoms with van der Waals surface area (Å²) < 4.78 is 18.6. The Hall–Kier alpha value is -3.13. The zero-order valence-corrected chi connectivity index (χ0v) is 14.3. The van der Waals surface area contributed by atoms with Crippen LogP contribution in [0.5, 0.6) is 5.75 Å². The van der Waals surface area contributed by atoms with Gasteiger partial charge in [-0.3, -0.25) is 4.79 Å². The number of nitrogens with zero attached hydrogens (tertiary/aromatic N) is 2. The van der Waals surface area contributed by atoms with Crippen LogP contribution in [-0.4, -0.2) is 23.9 Å². The molecular formula is C21H19FN2O2. The quantitative estimate of drug-likeness (QED) is 0.606. The van der Waals surface area contributed by atoms with Crippen molar-refractivity contribution in [2.45, 2.75) is 19.4 Å². The van der Waals surface area contributed by atoms with Crippen LogP contribution < -0.4 is 4.74 Å². The molecular weight excluding hydrogens is 331 g/mol.